The molecule has 102 valence electrons. The van der Waals surface area contributed by atoms with Gasteiger partial charge in [0.1, 0.15) is 0 Å². The van der Waals surface area contributed by atoms with Crippen molar-refractivity contribution in [2.24, 2.45) is 5.73 Å². The average molecular weight is 289 g/mol. The van der Waals surface area contributed by atoms with Crippen molar-refractivity contribution in [1.82, 2.24) is 4.90 Å². The van der Waals surface area contributed by atoms with Gasteiger partial charge in [0.25, 0.3) is 0 Å². The smallest absolute Gasteiger partial charge is 0.0931 e. The van der Waals surface area contributed by atoms with Crippen LogP contribution in [0.15, 0.2) is 12.1 Å². The third-order valence-corrected chi connectivity index (χ3v) is 4.89. The van der Waals surface area contributed by atoms with Crippen molar-refractivity contribution in [3.05, 3.63) is 21.3 Å². The molecule has 0 aromatic carbocycles. The Morgan fingerprint density at radius 2 is 2.39 bits per heavy atom. The fraction of sp³-hybridized carbons (Fsp3) is 0.692. The van der Waals surface area contributed by atoms with Crippen molar-refractivity contribution in [2.75, 3.05) is 13.1 Å². The fourth-order valence-corrected chi connectivity index (χ4v) is 3.88. The van der Waals surface area contributed by atoms with Gasteiger partial charge in [-0.05, 0) is 37.9 Å². The normalized spacial score (nSPS) is 25.0. The molecule has 0 radical (unpaired) electrons. The number of piperidine rings is 1. The zero-order valence-corrected chi connectivity index (χ0v) is 12.3. The van der Waals surface area contributed by atoms with Crippen LogP contribution in [0, 0.1) is 0 Å². The van der Waals surface area contributed by atoms with Crippen molar-refractivity contribution >= 4 is 22.9 Å². The van der Waals surface area contributed by atoms with E-state index < -0.39 is 0 Å². The first-order chi connectivity index (χ1) is 8.61. The quantitative estimate of drug-likeness (QED) is 0.895. The Kier molecular flexibility index (Phi) is 5.04. The molecule has 0 spiro atoms. The van der Waals surface area contributed by atoms with E-state index in [1.807, 2.05) is 6.07 Å². The summed E-state index contributed by atoms with van der Waals surface area (Å²) in [5.41, 5.74) is 6.28. The monoisotopic (exact) mass is 288 g/mol. The number of thiophene rings is 1. The molecule has 2 heterocycles. The molecule has 0 bridgehead atoms. The van der Waals surface area contributed by atoms with Crippen LogP contribution >= 0.6 is 22.9 Å². The summed E-state index contributed by atoms with van der Waals surface area (Å²) in [4.78, 5) is 3.52. The van der Waals surface area contributed by atoms with Crippen LogP contribution in [0.4, 0.5) is 0 Å². The Balaban J connectivity index is 2.19. The van der Waals surface area contributed by atoms with Gasteiger partial charge in [-0.1, -0.05) is 18.5 Å². The zero-order chi connectivity index (χ0) is 13.1. The van der Waals surface area contributed by atoms with Crippen molar-refractivity contribution < 1.29 is 5.11 Å². The molecule has 1 saturated heterocycles. The van der Waals surface area contributed by atoms with Crippen molar-refractivity contribution in [3.63, 3.8) is 0 Å². The highest BCUT2D eigenvalue weighted by Gasteiger charge is 2.30. The lowest BCUT2D eigenvalue weighted by Crippen LogP contribution is -2.46. The van der Waals surface area contributed by atoms with Gasteiger partial charge < -0.3 is 10.8 Å². The maximum atomic E-state index is 9.83. The van der Waals surface area contributed by atoms with Crippen molar-refractivity contribution in [1.29, 1.82) is 0 Å². The molecule has 18 heavy (non-hydrogen) atoms. The standard InChI is InChI=1S/C13H21ClN2OS/c1-2-10(15)13(11-5-6-12(14)18-11)16-7-3-4-9(17)8-16/h5-6,9-10,13,17H,2-4,7-8,15H2,1H3. The third kappa shape index (κ3) is 3.25. The Labute approximate surface area is 118 Å². The maximum Gasteiger partial charge on any atom is 0.0931 e. The molecule has 0 saturated carbocycles. The predicted molar refractivity (Wildman–Crippen MR) is 77.2 cm³/mol. The van der Waals surface area contributed by atoms with Gasteiger partial charge in [-0.25, -0.2) is 0 Å². The van der Waals surface area contributed by atoms with E-state index in [1.165, 1.54) is 4.88 Å². The third-order valence-electron chi connectivity index (χ3n) is 3.58. The molecule has 3 nitrogen and oxygen atoms in total. The molecule has 5 heteroatoms. The van der Waals surface area contributed by atoms with Gasteiger partial charge in [-0.2, -0.15) is 0 Å². The molecule has 3 unspecified atom stereocenters. The predicted octanol–water partition coefficient (Wildman–Crippen LogP) is 2.64. The summed E-state index contributed by atoms with van der Waals surface area (Å²) in [7, 11) is 0. The molecule has 1 aromatic rings. The molecule has 0 amide bonds. The zero-order valence-electron chi connectivity index (χ0n) is 10.7. The first-order valence-electron chi connectivity index (χ1n) is 6.54. The van der Waals surface area contributed by atoms with Gasteiger partial charge in [0.05, 0.1) is 16.5 Å². The second-order valence-electron chi connectivity index (χ2n) is 4.95. The van der Waals surface area contributed by atoms with Gasteiger partial charge in [0.2, 0.25) is 0 Å². The minimum atomic E-state index is -0.222. The minimum absolute atomic E-state index is 0.0880. The Bertz CT molecular complexity index is 385. The number of nitrogens with zero attached hydrogens (tertiary/aromatic N) is 1. The van der Waals surface area contributed by atoms with Gasteiger partial charge in [0.15, 0.2) is 0 Å². The second kappa shape index (κ2) is 6.35. The maximum absolute atomic E-state index is 9.83. The van der Waals surface area contributed by atoms with Crippen molar-refractivity contribution in [2.45, 2.75) is 44.4 Å². The summed E-state index contributed by atoms with van der Waals surface area (Å²) in [6.07, 6.45) is 2.64. The highest BCUT2D eigenvalue weighted by Crippen LogP contribution is 2.34. The van der Waals surface area contributed by atoms with Gasteiger partial charge in [-0.3, -0.25) is 4.90 Å². The van der Waals surface area contributed by atoms with Crippen LogP contribution in [0.25, 0.3) is 0 Å². The number of nitrogens with two attached hydrogens (primary N) is 1. The molecular weight excluding hydrogens is 268 g/mol. The number of hydrogen-bond acceptors (Lipinski definition) is 4. The van der Waals surface area contributed by atoms with Gasteiger partial charge in [0, 0.05) is 17.5 Å². The van der Waals surface area contributed by atoms with E-state index in [-0.39, 0.29) is 18.2 Å². The summed E-state index contributed by atoms with van der Waals surface area (Å²) >= 11 is 7.63. The van der Waals surface area contributed by atoms with Crippen LogP contribution in [0.3, 0.4) is 0 Å². The number of likely N-dealkylation sites (tertiary alicyclic amines) is 1. The van der Waals surface area contributed by atoms with Crippen molar-refractivity contribution in [3.8, 4) is 0 Å². The molecule has 1 aromatic heterocycles. The van der Waals surface area contributed by atoms with Crippen LogP contribution in [-0.2, 0) is 0 Å². The Morgan fingerprint density at radius 3 is 2.94 bits per heavy atom. The van der Waals surface area contributed by atoms with E-state index in [4.69, 9.17) is 17.3 Å². The first-order valence-corrected chi connectivity index (χ1v) is 7.74. The van der Waals surface area contributed by atoms with Gasteiger partial charge >= 0.3 is 0 Å². The van der Waals surface area contributed by atoms with E-state index in [9.17, 15) is 5.11 Å². The number of aliphatic hydroxyl groups excluding tert-OH is 1. The summed E-state index contributed by atoms with van der Waals surface area (Å²) in [5.74, 6) is 0. The van der Waals surface area contributed by atoms with E-state index in [0.29, 0.717) is 6.54 Å². The van der Waals surface area contributed by atoms with Crippen LogP contribution in [0.1, 0.15) is 37.1 Å². The van der Waals surface area contributed by atoms with E-state index >= 15 is 0 Å². The number of hydrogen-bond donors (Lipinski definition) is 2. The van der Waals surface area contributed by atoms with Crippen LogP contribution in [0.5, 0.6) is 0 Å². The highest BCUT2D eigenvalue weighted by molar-refractivity contribution is 7.16. The van der Waals surface area contributed by atoms with E-state index in [0.717, 1.165) is 30.1 Å². The summed E-state index contributed by atoms with van der Waals surface area (Å²) in [5, 5.41) is 9.83. The second-order valence-corrected chi connectivity index (χ2v) is 6.70. The largest absolute Gasteiger partial charge is 0.392 e. The highest BCUT2D eigenvalue weighted by atomic mass is 35.5. The number of rotatable bonds is 4. The molecule has 1 aliphatic rings. The molecule has 2 rings (SSSR count). The molecular formula is C13H21ClN2OS. The summed E-state index contributed by atoms with van der Waals surface area (Å²) < 4.78 is 0.802. The topological polar surface area (TPSA) is 49.5 Å². The van der Waals surface area contributed by atoms with Crippen LogP contribution in [0.2, 0.25) is 4.34 Å². The van der Waals surface area contributed by atoms with Crippen LogP contribution < -0.4 is 5.73 Å². The fourth-order valence-electron chi connectivity index (χ4n) is 2.61. The summed E-state index contributed by atoms with van der Waals surface area (Å²) in [6.45, 7) is 3.83. The Hall–Kier alpha value is -0.130. The SMILES string of the molecule is CCC(N)C(c1ccc(Cl)s1)N1CCCC(O)C1. The number of β-amino-alcohol motifs (C(OH)–C–C–N with tert-alkyl or cyclic N) is 1. The van der Waals surface area contributed by atoms with Gasteiger partial charge in [-0.15, -0.1) is 11.3 Å². The minimum Gasteiger partial charge on any atom is -0.392 e. The molecule has 0 aliphatic carbocycles. The average Bonchev–Trinajstić information content (AvgIpc) is 2.76. The van der Waals surface area contributed by atoms with E-state index in [2.05, 4.69) is 17.9 Å². The number of aliphatic hydroxyl groups is 1. The lowest BCUT2D eigenvalue weighted by atomic mass is 9.99. The molecule has 1 fully saturated rings. The molecule has 1 aliphatic heterocycles. The molecule has 3 atom stereocenters. The first kappa shape index (κ1) is 14.3. The lowest BCUT2D eigenvalue weighted by Gasteiger charge is -2.38. The number of halogens is 1. The van der Waals surface area contributed by atoms with Crippen LogP contribution in [-0.4, -0.2) is 35.2 Å². The van der Waals surface area contributed by atoms with E-state index in [1.54, 1.807) is 11.3 Å². The Morgan fingerprint density at radius 1 is 1.61 bits per heavy atom. The molecule has 3 N–H and O–H groups in total. The summed E-state index contributed by atoms with van der Waals surface area (Å²) in [6, 6.07) is 4.26. The lowest BCUT2D eigenvalue weighted by molar-refractivity contribution is 0.0394.